The van der Waals surface area contributed by atoms with Gasteiger partial charge in [-0.2, -0.15) is 0 Å². The molecule has 0 aliphatic carbocycles. The summed E-state index contributed by atoms with van der Waals surface area (Å²) >= 11 is 0. The maximum Gasteiger partial charge on any atom is 0.159 e. The molecule has 330 valence electrons. The van der Waals surface area contributed by atoms with Crippen molar-refractivity contribution in [2.75, 3.05) is 9.80 Å². The van der Waals surface area contributed by atoms with Crippen LogP contribution in [0.25, 0.3) is 109 Å². The van der Waals surface area contributed by atoms with Crippen molar-refractivity contribution in [1.29, 1.82) is 0 Å². The Morgan fingerprint density at radius 3 is 1.11 bits per heavy atom. The van der Waals surface area contributed by atoms with Crippen LogP contribution >= 0.6 is 0 Å². The van der Waals surface area contributed by atoms with E-state index in [4.69, 9.17) is 17.7 Å². The number of anilines is 6. The molecular formula is C64H40N2O4. The topological polar surface area (TPSA) is 59.0 Å². The van der Waals surface area contributed by atoms with Gasteiger partial charge < -0.3 is 27.5 Å². The Morgan fingerprint density at radius 2 is 0.643 bits per heavy atom. The van der Waals surface area contributed by atoms with Crippen LogP contribution in [0.2, 0.25) is 0 Å². The average Bonchev–Trinajstić information content (AvgIpc) is 4.16. The van der Waals surface area contributed by atoms with Gasteiger partial charge in [-0.25, -0.2) is 0 Å². The summed E-state index contributed by atoms with van der Waals surface area (Å²) in [5.41, 5.74) is 15.3. The lowest BCUT2D eigenvalue weighted by atomic mass is 10.0. The van der Waals surface area contributed by atoms with Crippen molar-refractivity contribution in [3.63, 3.8) is 0 Å². The normalized spacial score (nSPS) is 12.1. The molecule has 15 rings (SSSR count). The molecule has 70 heavy (non-hydrogen) atoms. The van der Waals surface area contributed by atoms with E-state index in [2.05, 4.69) is 206 Å². The minimum atomic E-state index is 0.822. The summed E-state index contributed by atoms with van der Waals surface area (Å²) in [4.78, 5) is 4.63. The van der Waals surface area contributed by atoms with Crippen molar-refractivity contribution >= 4 is 143 Å². The summed E-state index contributed by atoms with van der Waals surface area (Å²) in [7, 11) is 0. The summed E-state index contributed by atoms with van der Waals surface area (Å²) < 4.78 is 26.7. The summed E-state index contributed by atoms with van der Waals surface area (Å²) in [5.74, 6) is 0. The van der Waals surface area contributed by atoms with Crippen molar-refractivity contribution in [2.24, 2.45) is 0 Å². The molecule has 0 radical (unpaired) electrons. The number of aryl methyl sites for hydroxylation is 2. The average molecular weight is 901 g/mol. The first-order chi connectivity index (χ1) is 34.5. The van der Waals surface area contributed by atoms with Gasteiger partial charge in [-0.05, 0) is 144 Å². The number of hydrogen-bond acceptors (Lipinski definition) is 6. The van der Waals surface area contributed by atoms with Crippen LogP contribution < -0.4 is 9.80 Å². The van der Waals surface area contributed by atoms with Crippen LogP contribution in [0.1, 0.15) is 11.1 Å². The van der Waals surface area contributed by atoms with E-state index in [9.17, 15) is 0 Å². The molecule has 0 N–H and O–H groups in total. The smallest absolute Gasteiger partial charge is 0.159 e. The van der Waals surface area contributed by atoms with Crippen LogP contribution in [0.5, 0.6) is 0 Å². The number of furan rings is 4. The number of fused-ring (bicyclic) bond motifs is 14. The Morgan fingerprint density at radius 1 is 0.257 bits per heavy atom. The van der Waals surface area contributed by atoms with Gasteiger partial charge in [-0.3, -0.25) is 0 Å². The zero-order valence-electron chi connectivity index (χ0n) is 38.2. The first-order valence-electron chi connectivity index (χ1n) is 23.7. The first kappa shape index (κ1) is 38.8. The van der Waals surface area contributed by atoms with Crippen molar-refractivity contribution in [2.45, 2.75) is 13.8 Å². The second-order valence-corrected chi connectivity index (χ2v) is 18.6. The standard InChI is InChI=1S/C64H40N2O4/c1-37-13-3-7-19-53(37)65(55-21-11-17-47-45-15-5-9-23-57(45)69-63(47)55)43-27-25-39-31-49-51-35-62-52(36-61(51)67-59(49)33-41(39)29-43)50-32-40-26-28-44(30-42(40)34-60(50)68-62)66(54-20-8-4-14-38(54)2)56-22-12-18-48-46-16-6-10-24-58(46)70-64(48)56/h3-36H,1-2H3. The Hall–Kier alpha value is -9.26. The zero-order valence-corrected chi connectivity index (χ0v) is 38.2. The Labute approximate surface area is 400 Å². The van der Waals surface area contributed by atoms with E-state index in [1.54, 1.807) is 0 Å². The maximum absolute atomic E-state index is 6.76. The number of rotatable bonds is 6. The predicted molar refractivity (Wildman–Crippen MR) is 289 cm³/mol. The number of para-hydroxylation sites is 6. The van der Waals surface area contributed by atoms with Crippen LogP contribution in [-0.2, 0) is 0 Å². The van der Waals surface area contributed by atoms with Crippen LogP contribution in [0.3, 0.4) is 0 Å². The van der Waals surface area contributed by atoms with Gasteiger partial charge in [-0.1, -0.05) is 109 Å². The molecule has 0 bridgehead atoms. The van der Waals surface area contributed by atoms with Crippen LogP contribution in [0.15, 0.2) is 224 Å². The van der Waals surface area contributed by atoms with E-state index in [0.717, 1.165) is 155 Å². The fourth-order valence-corrected chi connectivity index (χ4v) is 11.0. The fraction of sp³-hybridized carbons (Fsp3) is 0.0312. The third-order valence-electron chi connectivity index (χ3n) is 14.4. The summed E-state index contributed by atoms with van der Waals surface area (Å²) in [6, 6.07) is 72.8. The van der Waals surface area contributed by atoms with E-state index >= 15 is 0 Å². The third-order valence-corrected chi connectivity index (χ3v) is 14.4. The monoisotopic (exact) mass is 900 g/mol. The van der Waals surface area contributed by atoms with E-state index in [0.29, 0.717) is 0 Å². The molecule has 0 unspecified atom stereocenters. The second kappa shape index (κ2) is 14.6. The molecule has 6 nitrogen and oxygen atoms in total. The van der Waals surface area contributed by atoms with E-state index < -0.39 is 0 Å². The van der Waals surface area contributed by atoms with Gasteiger partial charge >= 0.3 is 0 Å². The fourth-order valence-electron chi connectivity index (χ4n) is 11.0. The van der Waals surface area contributed by atoms with Gasteiger partial charge in [-0.15, -0.1) is 0 Å². The molecular weight excluding hydrogens is 861 g/mol. The highest BCUT2D eigenvalue weighted by molar-refractivity contribution is 6.19. The summed E-state index contributed by atoms with van der Waals surface area (Å²) in [6.45, 7) is 4.32. The summed E-state index contributed by atoms with van der Waals surface area (Å²) in [5, 5.41) is 12.9. The highest BCUT2D eigenvalue weighted by Crippen LogP contribution is 2.47. The largest absolute Gasteiger partial charge is 0.456 e. The third kappa shape index (κ3) is 5.74. The molecule has 0 fully saturated rings. The Balaban J connectivity index is 0.842. The molecule has 0 amide bonds. The first-order valence-corrected chi connectivity index (χ1v) is 23.7. The van der Waals surface area contributed by atoms with Gasteiger partial charge in [0, 0.05) is 65.8 Å². The lowest BCUT2D eigenvalue weighted by Gasteiger charge is -2.27. The van der Waals surface area contributed by atoms with Crippen molar-refractivity contribution < 1.29 is 17.7 Å². The number of hydrogen-bond donors (Lipinski definition) is 0. The lowest BCUT2D eigenvalue weighted by molar-refractivity contribution is 0.664. The van der Waals surface area contributed by atoms with Gasteiger partial charge in [0.05, 0.1) is 11.4 Å². The molecule has 0 saturated heterocycles. The van der Waals surface area contributed by atoms with Gasteiger partial charge in [0.15, 0.2) is 11.2 Å². The molecule has 0 spiro atoms. The molecule has 15 aromatic rings. The predicted octanol–water partition coefficient (Wildman–Crippen LogP) is 19.1. The quantitative estimate of drug-likeness (QED) is 0.166. The van der Waals surface area contributed by atoms with E-state index in [1.807, 2.05) is 24.3 Å². The van der Waals surface area contributed by atoms with Crippen LogP contribution in [0, 0.1) is 13.8 Å². The van der Waals surface area contributed by atoms with Gasteiger partial charge in [0.1, 0.15) is 33.5 Å². The lowest BCUT2D eigenvalue weighted by Crippen LogP contribution is -2.11. The van der Waals surface area contributed by atoms with Crippen molar-refractivity contribution in [3.8, 4) is 0 Å². The minimum Gasteiger partial charge on any atom is -0.456 e. The van der Waals surface area contributed by atoms with E-state index in [-0.39, 0.29) is 0 Å². The molecule has 0 atom stereocenters. The number of nitrogens with zero attached hydrogens (tertiary/aromatic N) is 2. The SMILES string of the molecule is Cc1ccccc1N(c1ccc2cc3c(cc2c1)oc1cc2c(cc13)oc1cc3cc(N(c4ccccc4C)c4cccc5c4oc4ccccc45)ccc3cc12)c1cccc2c1oc1ccccc12. The van der Waals surface area contributed by atoms with E-state index in [1.165, 1.54) is 0 Å². The molecule has 11 aromatic carbocycles. The van der Waals surface area contributed by atoms with Gasteiger partial charge in [0.25, 0.3) is 0 Å². The van der Waals surface area contributed by atoms with Crippen LogP contribution in [-0.4, -0.2) is 0 Å². The molecule has 6 heteroatoms. The molecule has 4 heterocycles. The molecule has 0 saturated carbocycles. The minimum absolute atomic E-state index is 0.822. The van der Waals surface area contributed by atoms with Crippen molar-refractivity contribution in [3.05, 3.63) is 217 Å². The highest BCUT2D eigenvalue weighted by Gasteiger charge is 2.24. The van der Waals surface area contributed by atoms with Crippen LogP contribution in [0.4, 0.5) is 34.1 Å². The maximum atomic E-state index is 6.76. The Bertz CT molecular complexity index is 4360. The molecule has 4 aromatic heterocycles. The molecule has 0 aliphatic heterocycles. The van der Waals surface area contributed by atoms with Gasteiger partial charge in [0.2, 0.25) is 0 Å². The van der Waals surface area contributed by atoms with Crippen molar-refractivity contribution in [1.82, 2.24) is 0 Å². The highest BCUT2D eigenvalue weighted by atomic mass is 16.3. The Kier molecular flexibility index (Phi) is 8.10. The number of benzene rings is 11. The zero-order chi connectivity index (χ0) is 46.2. The summed E-state index contributed by atoms with van der Waals surface area (Å²) in [6.07, 6.45) is 0. The molecule has 0 aliphatic rings. The second-order valence-electron chi connectivity index (χ2n) is 18.6.